The van der Waals surface area contributed by atoms with E-state index in [4.69, 9.17) is 9.47 Å². The molecule has 1 fully saturated rings. The van der Waals surface area contributed by atoms with Crippen molar-refractivity contribution in [3.63, 3.8) is 0 Å². The van der Waals surface area contributed by atoms with E-state index in [1.807, 2.05) is 32.9 Å². The molecule has 0 saturated carbocycles. The summed E-state index contributed by atoms with van der Waals surface area (Å²) in [5, 5.41) is 2.87. The number of amides is 2. The standard InChI is InChI=1S/C18H23BrN2O4/c1-18(2,3)25-17(23)21-8-6-11(7-9-21)24-14-5-4-13(19)12-10-15(22)20-16(12)14/h4-5,11H,6-10H2,1-3H3,(H,20,22). The lowest BCUT2D eigenvalue weighted by Crippen LogP contribution is -2.44. The predicted octanol–water partition coefficient (Wildman–Crippen LogP) is 3.72. The minimum absolute atomic E-state index is 0.0152. The number of hydrogen-bond acceptors (Lipinski definition) is 4. The smallest absolute Gasteiger partial charge is 0.410 e. The van der Waals surface area contributed by atoms with Crippen LogP contribution in [0.2, 0.25) is 0 Å². The molecule has 1 saturated heterocycles. The first-order chi connectivity index (χ1) is 11.7. The van der Waals surface area contributed by atoms with Crippen LogP contribution in [0.25, 0.3) is 0 Å². The van der Waals surface area contributed by atoms with E-state index >= 15 is 0 Å². The molecule has 1 aromatic carbocycles. The molecule has 0 atom stereocenters. The second-order valence-corrected chi connectivity index (χ2v) is 8.26. The Morgan fingerprint density at radius 2 is 1.96 bits per heavy atom. The molecule has 0 radical (unpaired) electrons. The van der Waals surface area contributed by atoms with Crippen molar-refractivity contribution in [2.24, 2.45) is 0 Å². The molecule has 136 valence electrons. The van der Waals surface area contributed by atoms with Gasteiger partial charge < -0.3 is 19.7 Å². The third kappa shape index (κ3) is 4.26. The Bertz CT molecular complexity index is 691. The Morgan fingerprint density at radius 3 is 2.60 bits per heavy atom. The SMILES string of the molecule is CC(C)(C)OC(=O)N1CCC(Oc2ccc(Br)c3c2NC(=O)C3)CC1. The molecule has 0 spiro atoms. The fourth-order valence-electron chi connectivity index (χ4n) is 3.02. The van der Waals surface area contributed by atoms with Crippen molar-refractivity contribution >= 4 is 33.6 Å². The van der Waals surface area contributed by atoms with Crippen molar-refractivity contribution in [2.75, 3.05) is 18.4 Å². The van der Waals surface area contributed by atoms with Crippen LogP contribution in [-0.4, -0.2) is 41.7 Å². The first-order valence-corrected chi connectivity index (χ1v) is 9.28. The Labute approximate surface area is 156 Å². The molecular weight excluding hydrogens is 388 g/mol. The third-order valence-electron chi connectivity index (χ3n) is 4.21. The van der Waals surface area contributed by atoms with Gasteiger partial charge in [0.25, 0.3) is 0 Å². The predicted molar refractivity (Wildman–Crippen MR) is 97.9 cm³/mol. The lowest BCUT2D eigenvalue weighted by molar-refractivity contribution is -0.115. The van der Waals surface area contributed by atoms with Gasteiger partial charge in [-0.15, -0.1) is 0 Å². The van der Waals surface area contributed by atoms with Crippen LogP contribution in [0.1, 0.15) is 39.2 Å². The number of hydrogen-bond donors (Lipinski definition) is 1. The van der Waals surface area contributed by atoms with Crippen molar-refractivity contribution in [2.45, 2.75) is 51.7 Å². The summed E-state index contributed by atoms with van der Waals surface area (Å²) < 4.78 is 12.4. The topological polar surface area (TPSA) is 67.9 Å². The summed E-state index contributed by atoms with van der Waals surface area (Å²) in [6, 6.07) is 3.78. The van der Waals surface area contributed by atoms with Crippen molar-refractivity contribution < 1.29 is 19.1 Å². The van der Waals surface area contributed by atoms with Crippen LogP contribution < -0.4 is 10.1 Å². The fourth-order valence-corrected chi connectivity index (χ4v) is 3.49. The zero-order valence-corrected chi connectivity index (χ0v) is 16.3. The van der Waals surface area contributed by atoms with Gasteiger partial charge in [0.2, 0.25) is 5.91 Å². The number of rotatable bonds is 2. The van der Waals surface area contributed by atoms with E-state index in [9.17, 15) is 9.59 Å². The van der Waals surface area contributed by atoms with Crippen LogP contribution >= 0.6 is 15.9 Å². The molecule has 0 aliphatic carbocycles. The van der Waals surface area contributed by atoms with E-state index in [0.29, 0.717) is 25.3 Å². The number of anilines is 1. The molecule has 2 aliphatic rings. The molecule has 7 heteroatoms. The second kappa shape index (κ2) is 6.86. The van der Waals surface area contributed by atoms with Gasteiger partial charge in [-0.2, -0.15) is 0 Å². The first kappa shape index (κ1) is 18.0. The highest BCUT2D eigenvalue weighted by Crippen LogP contribution is 2.39. The average molecular weight is 411 g/mol. The number of ether oxygens (including phenoxy) is 2. The maximum absolute atomic E-state index is 12.1. The minimum atomic E-state index is -0.485. The van der Waals surface area contributed by atoms with Gasteiger partial charge in [0.05, 0.1) is 12.1 Å². The van der Waals surface area contributed by atoms with E-state index in [-0.39, 0.29) is 18.1 Å². The summed E-state index contributed by atoms with van der Waals surface area (Å²) in [5.74, 6) is 0.672. The van der Waals surface area contributed by atoms with E-state index in [1.165, 1.54) is 0 Å². The van der Waals surface area contributed by atoms with E-state index in [0.717, 1.165) is 28.6 Å². The van der Waals surface area contributed by atoms with Crippen molar-refractivity contribution in [3.05, 3.63) is 22.2 Å². The van der Waals surface area contributed by atoms with Crippen LogP contribution in [0.3, 0.4) is 0 Å². The molecule has 2 aliphatic heterocycles. The highest BCUT2D eigenvalue weighted by Gasteiger charge is 2.29. The Balaban J connectivity index is 1.60. The molecule has 2 heterocycles. The number of halogens is 1. The number of fused-ring (bicyclic) bond motifs is 1. The fraction of sp³-hybridized carbons (Fsp3) is 0.556. The van der Waals surface area contributed by atoms with Crippen molar-refractivity contribution in [3.8, 4) is 5.75 Å². The Hall–Kier alpha value is -1.76. The number of carbonyl (C=O) groups is 2. The van der Waals surface area contributed by atoms with Crippen LogP contribution in [0.5, 0.6) is 5.75 Å². The first-order valence-electron chi connectivity index (χ1n) is 8.49. The molecular formula is C18H23BrN2O4. The summed E-state index contributed by atoms with van der Waals surface area (Å²) in [7, 11) is 0. The zero-order chi connectivity index (χ0) is 18.2. The normalized spacial score (nSPS) is 17.9. The largest absolute Gasteiger partial charge is 0.488 e. The van der Waals surface area contributed by atoms with E-state index < -0.39 is 5.60 Å². The molecule has 0 unspecified atom stereocenters. The van der Waals surface area contributed by atoms with Gasteiger partial charge in [0.1, 0.15) is 17.5 Å². The van der Waals surface area contributed by atoms with Crippen LogP contribution in [0, 0.1) is 0 Å². The zero-order valence-electron chi connectivity index (χ0n) is 14.7. The molecule has 2 amide bonds. The molecule has 1 N–H and O–H groups in total. The molecule has 25 heavy (non-hydrogen) atoms. The minimum Gasteiger partial charge on any atom is -0.488 e. The quantitative estimate of drug-likeness (QED) is 0.806. The van der Waals surface area contributed by atoms with Gasteiger partial charge >= 0.3 is 6.09 Å². The summed E-state index contributed by atoms with van der Waals surface area (Å²) in [6.07, 6.45) is 1.57. The maximum Gasteiger partial charge on any atom is 0.410 e. The average Bonchev–Trinajstić information content (AvgIpc) is 2.92. The summed E-state index contributed by atoms with van der Waals surface area (Å²) in [5.41, 5.74) is 1.21. The molecule has 0 aromatic heterocycles. The lowest BCUT2D eigenvalue weighted by atomic mass is 10.1. The van der Waals surface area contributed by atoms with Crippen LogP contribution in [-0.2, 0) is 16.0 Å². The Morgan fingerprint density at radius 1 is 1.28 bits per heavy atom. The number of piperidine rings is 1. The van der Waals surface area contributed by atoms with E-state index in [2.05, 4.69) is 21.2 Å². The monoisotopic (exact) mass is 410 g/mol. The molecule has 0 bridgehead atoms. The van der Waals surface area contributed by atoms with Gasteiger partial charge in [-0.05, 0) is 32.9 Å². The summed E-state index contributed by atoms with van der Waals surface area (Å²) in [4.78, 5) is 25.5. The van der Waals surface area contributed by atoms with Gasteiger partial charge in [0.15, 0.2) is 0 Å². The van der Waals surface area contributed by atoms with Gasteiger partial charge in [-0.3, -0.25) is 4.79 Å². The number of nitrogens with zero attached hydrogens (tertiary/aromatic N) is 1. The second-order valence-electron chi connectivity index (χ2n) is 7.41. The van der Waals surface area contributed by atoms with Crippen molar-refractivity contribution in [1.82, 2.24) is 4.90 Å². The maximum atomic E-state index is 12.1. The number of nitrogens with one attached hydrogen (secondary N) is 1. The van der Waals surface area contributed by atoms with Gasteiger partial charge in [-0.25, -0.2) is 4.79 Å². The molecule has 6 nitrogen and oxygen atoms in total. The van der Waals surface area contributed by atoms with Gasteiger partial charge in [0, 0.05) is 36.0 Å². The highest BCUT2D eigenvalue weighted by atomic mass is 79.9. The number of likely N-dealkylation sites (tertiary alicyclic amines) is 1. The lowest BCUT2D eigenvalue weighted by Gasteiger charge is -2.33. The van der Waals surface area contributed by atoms with Gasteiger partial charge in [-0.1, -0.05) is 15.9 Å². The third-order valence-corrected chi connectivity index (χ3v) is 4.95. The van der Waals surface area contributed by atoms with E-state index in [1.54, 1.807) is 4.90 Å². The highest BCUT2D eigenvalue weighted by molar-refractivity contribution is 9.10. The summed E-state index contributed by atoms with van der Waals surface area (Å²) >= 11 is 3.48. The Kier molecular flexibility index (Phi) is 4.95. The van der Waals surface area contributed by atoms with Crippen molar-refractivity contribution in [1.29, 1.82) is 0 Å². The molecule has 3 rings (SSSR count). The van der Waals surface area contributed by atoms with Crippen LogP contribution in [0.15, 0.2) is 16.6 Å². The number of benzene rings is 1. The molecule has 1 aromatic rings. The summed E-state index contributed by atoms with van der Waals surface area (Å²) in [6.45, 7) is 6.80. The van der Waals surface area contributed by atoms with Crippen LogP contribution in [0.4, 0.5) is 10.5 Å². The number of carbonyl (C=O) groups excluding carboxylic acids is 2.